The van der Waals surface area contributed by atoms with E-state index < -0.39 is 0 Å². The molecule has 4 nitrogen and oxygen atoms in total. The maximum Gasteiger partial charge on any atom is 0.128 e. The minimum atomic E-state index is 0.237. The van der Waals surface area contributed by atoms with Crippen LogP contribution in [0, 0.1) is 11.3 Å². The van der Waals surface area contributed by atoms with Gasteiger partial charge in [0.2, 0.25) is 0 Å². The van der Waals surface area contributed by atoms with Crippen molar-refractivity contribution in [1.82, 2.24) is 14.5 Å². The molecule has 2 rings (SSSR count). The zero-order valence-corrected chi connectivity index (χ0v) is 12.7. The first kappa shape index (κ1) is 14.5. The third-order valence-electron chi connectivity index (χ3n) is 3.79. The number of imidazole rings is 1. The summed E-state index contributed by atoms with van der Waals surface area (Å²) in [5.41, 5.74) is 3.33. The zero-order valence-electron chi connectivity index (χ0n) is 12.7. The second-order valence-electron chi connectivity index (χ2n) is 5.28. The Hall–Kier alpha value is -1.86. The number of hydrogen-bond donors (Lipinski definition) is 0. The first-order chi connectivity index (χ1) is 9.62. The van der Waals surface area contributed by atoms with E-state index in [2.05, 4.69) is 57.1 Å². The van der Waals surface area contributed by atoms with Gasteiger partial charge >= 0.3 is 0 Å². The third-order valence-corrected chi connectivity index (χ3v) is 3.79. The van der Waals surface area contributed by atoms with Crippen LogP contribution < -0.4 is 0 Å². The van der Waals surface area contributed by atoms with E-state index in [9.17, 15) is 0 Å². The van der Waals surface area contributed by atoms with E-state index in [1.54, 1.807) is 0 Å². The van der Waals surface area contributed by atoms with Gasteiger partial charge in [0, 0.05) is 0 Å². The summed E-state index contributed by atoms with van der Waals surface area (Å²) in [6.45, 7) is 4.64. The minimum Gasteiger partial charge on any atom is -0.313 e. The highest BCUT2D eigenvalue weighted by Gasteiger charge is 2.20. The first-order valence-corrected chi connectivity index (χ1v) is 7.14. The molecule has 1 atom stereocenters. The quantitative estimate of drug-likeness (QED) is 0.838. The minimum absolute atomic E-state index is 0.237. The van der Waals surface area contributed by atoms with Gasteiger partial charge in [-0.3, -0.25) is 4.90 Å². The molecule has 0 aliphatic heterocycles. The fourth-order valence-electron chi connectivity index (χ4n) is 2.68. The molecule has 2 aromatic rings. The molecule has 1 aromatic heterocycles. The van der Waals surface area contributed by atoms with Gasteiger partial charge in [0.25, 0.3) is 0 Å². The standard InChI is InChI=1S/C16H22N4/c1-5-12-7-8-15-13(11-12)18-16(20(15)10-9-17)14(6-2)19(3)4/h7-8,11,14H,5-6,10H2,1-4H3. The number of hydrogen-bond acceptors (Lipinski definition) is 3. The number of aromatic nitrogens is 2. The molecule has 0 saturated heterocycles. The van der Waals surface area contributed by atoms with Crippen molar-refractivity contribution >= 4 is 11.0 Å². The van der Waals surface area contributed by atoms with Crippen molar-refractivity contribution in [2.24, 2.45) is 0 Å². The van der Waals surface area contributed by atoms with E-state index in [0.717, 1.165) is 29.7 Å². The maximum atomic E-state index is 9.10. The highest BCUT2D eigenvalue weighted by atomic mass is 15.2. The Labute approximate surface area is 120 Å². The smallest absolute Gasteiger partial charge is 0.128 e. The number of nitriles is 1. The molecule has 0 radical (unpaired) electrons. The third kappa shape index (κ3) is 2.54. The molecule has 0 aliphatic carbocycles. The molecule has 20 heavy (non-hydrogen) atoms. The molecule has 0 aliphatic rings. The van der Waals surface area contributed by atoms with Crippen molar-refractivity contribution in [3.8, 4) is 6.07 Å². The summed E-state index contributed by atoms with van der Waals surface area (Å²) >= 11 is 0. The van der Waals surface area contributed by atoms with Crippen molar-refractivity contribution in [3.63, 3.8) is 0 Å². The lowest BCUT2D eigenvalue weighted by Crippen LogP contribution is -2.23. The maximum absolute atomic E-state index is 9.10. The molecule has 4 heteroatoms. The molecular weight excluding hydrogens is 248 g/mol. The Kier molecular flexibility index (Phi) is 4.41. The fourth-order valence-corrected chi connectivity index (χ4v) is 2.68. The van der Waals surface area contributed by atoms with Crippen LogP contribution >= 0.6 is 0 Å². The molecule has 0 N–H and O–H groups in total. The molecule has 106 valence electrons. The van der Waals surface area contributed by atoms with Crippen molar-refractivity contribution in [3.05, 3.63) is 29.6 Å². The van der Waals surface area contributed by atoms with Gasteiger partial charge < -0.3 is 4.57 Å². The molecule has 1 aromatic carbocycles. The van der Waals surface area contributed by atoms with Crippen LogP contribution in [-0.2, 0) is 13.0 Å². The number of benzene rings is 1. The summed E-state index contributed by atoms with van der Waals surface area (Å²) in [5, 5.41) is 9.10. The predicted molar refractivity (Wildman–Crippen MR) is 81.4 cm³/mol. The van der Waals surface area contributed by atoms with Gasteiger partial charge in [0.1, 0.15) is 12.4 Å². The van der Waals surface area contributed by atoms with Crippen LogP contribution in [0.2, 0.25) is 0 Å². The summed E-state index contributed by atoms with van der Waals surface area (Å²) in [4.78, 5) is 6.97. The van der Waals surface area contributed by atoms with Gasteiger partial charge in [-0.2, -0.15) is 5.26 Å². The lowest BCUT2D eigenvalue weighted by Gasteiger charge is -2.22. The summed E-state index contributed by atoms with van der Waals surface area (Å²) in [6.07, 6.45) is 1.98. The number of rotatable bonds is 5. The predicted octanol–water partition coefficient (Wildman–Crippen LogP) is 3.13. The molecular formula is C16H22N4. The molecule has 0 bridgehead atoms. The molecule has 0 fully saturated rings. The van der Waals surface area contributed by atoms with Crippen molar-refractivity contribution in [1.29, 1.82) is 5.26 Å². The van der Waals surface area contributed by atoms with Gasteiger partial charge in [-0.1, -0.05) is 19.9 Å². The van der Waals surface area contributed by atoms with E-state index >= 15 is 0 Å². The van der Waals surface area contributed by atoms with Gasteiger partial charge in [0.05, 0.1) is 23.1 Å². The Balaban J connectivity index is 2.63. The van der Waals surface area contributed by atoms with Crippen molar-refractivity contribution in [2.75, 3.05) is 14.1 Å². The van der Waals surface area contributed by atoms with E-state index in [1.807, 2.05) is 4.57 Å². The molecule has 1 unspecified atom stereocenters. The average Bonchev–Trinajstić information content (AvgIpc) is 2.77. The van der Waals surface area contributed by atoms with E-state index in [4.69, 9.17) is 10.2 Å². The molecule has 0 saturated carbocycles. The number of fused-ring (bicyclic) bond motifs is 1. The summed E-state index contributed by atoms with van der Waals surface area (Å²) in [6, 6.07) is 8.84. The van der Waals surface area contributed by atoms with Crippen LogP contribution in [0.15, 0.2) is 18.2 Å². The first-order valence-electron chi connectivity index (χ1n) is 7.14. The van der Waals surface area contributed by atoms with Gasteiger partial charge in [0.15, 0.2) is 0 Å². The van der Waals surface area contributed by atoms with Crippen molar-refractivity contribution in [2.45, 2.75) is 39.3 Å². The summed E-state index contributed by atoms with van der Waals surface area (Å²) in [7, 11) is 4.11. The second-order valence-corrected chi connectivity index (χ2v) is 5.28. The zero-order chi connectivity index (χ0) is 14.7. The van der Waals surface area contributed by atoms with Crippen LogP contribution in [0.4, 0.5) is 0 Å². The highest BCUT2D eigenvalue weighted by Crippen LogP contribution is 2.26. The van der Waals surface area contributed by atoms with E-state index in [0.29, 0.717) is 6.54 Å². The monoisotopic (exact) mass is 270 g/mol. The van der Waals surface area contributed by atoms with Crippen LogP contribution in [-0.4, -0.2) is 28.5 Å². The van der Waals surface area contributed by atoms with Crippen LogP contribution in [0.5, 0.6) is 0 Å². The Bertz CT molecular complexity index is 634. The SMILES string of the molecule is CCc1ccc2c(c1)nc(C(CC)N(C)C)n2CC#N. The molecule has 0 spiro atoms. The normalized spacial score (nSPS) is 12.8. The van der Waals surface area contributed by atoms with Crippen LogP contribution in [0.3, 0.4) is 0 Å². The fraction of sp³-hybridized carbons (Fsp3) is 0.500. The second kappa shape index (κ2) is 6.06. The Morgan fingerprint density at radius 3 is 2.65 bits per heavy atom. The lowest BCUT2D eigenvalue weighted by molar-refractivity contribution is 0.275. The Morgan fingerprint density at radius 1 is 1.35 bits per heavy atom. The Morgan fingerprint density at radius 2 is 2.10 bits per heavy atom. The van der Waals surface area contributed by atoms with Gasteiger partial charge in [-0.25, -0.2) is 4.98 Å². The lowest BCUT2D eigenvalue weighted by atomic mass is 10.1. The van der Waals surface area contributed by atoms with Gasteiger partial charge in [-0.05, 0) is 44.6 Å². The summed E-state index contributed by atoms with van der Waals surface area (Å²) < 4.78 is 2.04. The number of nitrogens with zero attached hydrogens (tertiary/aromatic N) is 4. The largest absolute Gasteiger partial charge is 0.313 e. The van der Waals surface area contributed by atoms with Crippen molar-refractivity contribution < 1.29 is 0 Å². The highest BCUT2D eigenvalue weighted by molar-refractivity contribution is 5.77. The molecule has 0 amide bonds. The topological polar surface area (TPSA) is 44.9 Å². The average molecular weight is 270 g/mol. The van der Waals surface area contributed by atoms with Crippen LogP contribution in [0.1, 0.15) is 37.7 Å². The molecule has 1 heterocycles. The van der Waals surface area contributed by atoms with E-state index in [-0.39, 0.29) is 6.04 Å². The summed E-state index contributed by atoms with van der Waals surface area (Å²) in [5.74, 6) is 0.988. The van der Waals surface area contributed by atoms with E-state index in [1.165, 1.54) is 5.56 Å². The van der Waals surface area contributed by atoms with Gasteiger partial charge in [-0.15, -0.1) is 0 Å². The number of aryl methyl sites for hydroxylation is 1. The van der Waals surface area contributed by atoms with Crippen LogP contribution in [0.25, 0.3) is 11.0 Å².